The van der Waals surface area contributed by atoms with Crippen LogP contribution in [-0.4, -0.2) is 35.9 Å². The van der Waals surface area contributed by atoms with Crippen molar-refractivity contribution in [3.8, 4) is 0 Å². The van der Waals surface area contributed by atoms with Crippen molar-refractivity contribution in [1.29, 1.82) is 0 Å². The first-order chi connectivity index (χ1) is 5.61. The number of hydrogen-bond acceptors (Lipinski definition) is 4. The summed E-state index contributed by atoms with van der Waals surface area (Å²) in [5, 5.41) is 12.8. The van der Waals surface area contributed by atoms with Crippen molar-refractivity contribution in [3.63, 3.8) is 0 Å². The molecule has 0 radical (unpaired) electrons. The fourth-order valence-corrected chi connectivity index (χ4v) is 1.40. The van der Waals surface area contributed by atoms with Gasteiger partial charge in [0.25, 0.3) is 0 Å². The average molecular weight is 173 g/mol. The van der Waals surface area contributed by atoms with Crippen molar-refractivity contribution in [2.45, 2.75) is 31.9 Å². The van der Waals surface area contributed by atoms with Gasteiger partial charge in [0.1, 0.15) is 0 Å². The molecule has 1 rings (SSSR count). The number of carbonyl (C=O) groups is 1. The fourth-order valence-electron chi connectivity index (χ4n) is 1.40. The van der Waals surface area contributed by atoms with Gasteiger partial charge in [-0.3, -0.25) is 0 Å². The highest BCUT2D eigenvalue weighted by Crippen LogP contribution is 2.22. The van der Waals surface area contributed by atoms with E-state index in [-0.39, 0.29) is 6.04 Å². The standard InChI is InChI=1S/C8H15NO3/c1-3-12-7(10)8(11)4-5-9-6(8)2/h6,9,11H,3-5H2,1-2H3. The monoisotopic (exact) mass is 173 g/mol. The van der Waals surface area contributed by atoms with Gasteiger partial charge >= 0.3 is 5.97 Å². The van der Waals surface area contributed by atoms with Crippen molar-refractivity contribution in [1.82, 2.24) is 5.32 Å². The van der Waals surface area contributed by atoms with Gasteiger partial charge in [-0.25, -0.2) is 4.79 Å². The van der Waals surface area contributed by atoms with Gasteiger partial charge in [-0.15, -0.1) is 0 Å². The Labute approximate surface area is 71.9 Å². The molecule has 0 spiro atoms. The Kier molecular flexibility index (Phi) is 2.69. The van der Waals surface area contributed by atoms with E-state index >= 15 is 0 Å². The number of nitrogens with one attached hydrogen (secondary N) is 1. The van der Waals surface area contributed by atoms with Gasteiger partial charge in [0.2, 0.25) is 0 Å². The smallest absolute Gasteiger partial charge is 0.339 e. The van der Waals surface area contributed by atoms with Crippen LogP contribution in [0.3, 0.4) is 0 Å². The van der Waals surface area contributed by atoms with E-state index in [0.29, 0.717) is 19.6 Å². The number of rotatable bonds is 2. The van der Waals surface area contributed by atoms with Gasteiger partial charge < -0.3 is 15.2 Å². The second-order valence-electron chi connectivity index (χ2n) is 3.07. The predicted molar refractivity (Wildman–Crippen MR) is 43.7 cm³/mol. The zero-order chi connectivity index (χ0) is 9.19. The molecule has 2 unspecified atom stereocenters. The molecule has 70 valence electrons. The molecule has 12 heavy (non-hydrogen) atoms. The van der Waals surface area contributed by atoms with Crippen LogP contribution in [0.1, 0.15) is 20.3 Å². The zero-order valence-corrected chi connectivity index (χ0v) is 7.46. The summed E-state index contributed by atoms with van der Waals surface area (Å²) in [5.74, 6) is -0.512. The van der Waals surface area contributed by atoms with Gasteiger partial charge in [-0.1, -0.05) is 0 Å². The number of hydrogen-bond donors (Lipinski definition) is 2. The number of carbonyl (C=O) groups excluding carboxylic acids is 1. The third kappa shape index (κ3) is 1.44. The first-order valence-corrected chi connectivity index (χ1v) is 4.24. The Morgan fingerprint density at radius 1 is 1.83 bits per heavy atom. The largest absolute Gasteiger partial charge is 0.464 e. The van der Waals surface area contributed by atoms with Gasteiger partial charge in [-0.2, -0.15) is 0 Å². The molecule has 1 aliphatic heterocycles. The molecule has 0 aromatic rings. The first kappa shape index (κ1) is 9.48. The predicted octanol–water partition coefficient (Wildman–Crippen LogP) is -0.338. The van der Waals surface area contributed by atoms with Crippen LogP contribution in [-0.2, 0) is 9.53 Å². The average Bonchev–Trinajstić information content (AvgIpc) is 2.34. The number of aliphatic hydroxyl groups is 1. The van der Waals surface area contributed by atoms with Crippen LogP contribution < -0.4 is 5.32 Å². The van der Waals surface area contributed by atoms with Crippen LogP contribution >= 0.6 is 0 Å². The summed E-state index contributed by atoms with van der Waals surface area (Å²) in [7, 11) is 0. The minimum Gasteiger partial charge on any atom is -0.464 e. The van der Waals surface area contributed by atoms with E-state index in [1.807, 2.05) is 0 Å². The summed E-state index contributed by atoms with van der Waals surface area (Å²) in [6.45, 7) is 4.49. The van der Waals surface area contributed by atoms with Crippen LogP contribution in [0.2, 0.25) is 0 Å². The fraction of sp³-hybridized carbons (Fsp3) is 0.875. The quantitative estimate of drug-likeness (QED) is 0.561. The topological polar surface area (TPSA) is 58.6 Å². The summed E-state index contributed by atoms with van der Waals surface area (Å²) >= 11 is 0. The molecule has 0 saturated carbocycles. The summed E-state index contributed by atoms with van der Waals surface area (Å²) in [4.78, 5) is 11.3. The van der Waals surface area contributed by atoms with Crippen LogP contribution in [0.4, 0.5) is 0 Å². The molecule has 0 amide bonds. The molecular formula is C8H15NO3. The highest BCUT2D eigenvalue weighted by molar-refractivity contribution is 5.80. The Morgan fingerprint density at radius 3 is 2.92 bits per heavy atom. The van der Waals surface area contributed by atoms with Crippen molar-refractivity contribution < 1.29 is 14.6 Å². The number of esters is 1. The molecule has 2 N–H and O–H groups in total. The summed E-state index contributed by atoms with van der Waals surface area (Å²) in [6.07, 6.45) is 0.438. The Balaban J connectivity index is 2.63. The van der Waals surface area contributed by atoms with Crippen LogP contribution in [0.15, 0.2) is 0 Å². The minimum absolute atomic E-state index is 0.212. The molecule has 0 bridgehead atoms. The lowest BCUT2D eigenvalue weighted by atomic mass is 9.96. The Hall–Kier alpha value is -0.610. The molecular weight excluding hydrogens is 158 g/mol. The third-order valence-electron chi connectivity index (χ3n) is 2.30. The highest BCUT2D eigenvalue weighted by Gasteiger charge is 2.46. The molecule has 4 heteroatoms. The normalized spacial score (nSPS) is 35.1. The van der Waals surface area contributed by atoms with E-state index in [4.69, 9.17) is 4.74 Å². The minimum atomic E-state index is -1.31. The van der Waals surface area contributed by atoms with E-state index < -0.39 is 11.6 Å². The molecule has 2 atom stereocenters. The van der Waals surface area contributed by atoms with E-state index in [2.05, 4.69) is 5.32 Å². The van der Waals surface area contributed by atoms with Gasteiger partial charge in [0, 0.05) is 12.5 Å². The van der Waals surface area contributed by atoms with Gasteiger partial charge in [0.15, 0.2) is 5.60 Å². The molecule has 1 saturated heterocycles. The molecule has 1 heterocycles. The molecule has 4 nitrogen and oxygen atoms in total. The SMILES string of the molecule is CCOC(=O)C1(O)CCNC1C. The molecule has 0 aliphatic carbocycles. The third-order valence-corrected chi connectivity index (χ3v) is 2.30. The molecule has 0 aromatic heterocycles. The summed E-state index contributed by atoms with van der Waals surface area (Å²) < 4.78 is 4.77. The maximum Gasteiger partial charge on any atom is 0.339 e. The second-order valence-corrected chi connectivity index (χ2v) is 3.07. The molecule has 1 aliphatic rings. The zero-order valence-electron chi connectivity index (χ0n) is 7.46. The maximum atomic E-state index is 11.3. The van der Waals surface area contributed by atoms with Crippen molar-refractivity contribution >= 4 is 5.97 Å². The lowest BCUT2D eigenvalue weighted by Gasteiger charge is -2.23. The van der Waals surface area contributed by atoms with Crippen LogP contribution in [0.25, 0.3) is 0 Å². The van der Waals surface area contributed by atoms with E-state index in [0.717, 1.165) is 0 Å². The number of ether oxygens (including phenoxy) is 1. The first-order valence-electron chi connectivity index (χ1n) is 4.24. The van der Waals surface area contributed by atoms with E-state index in [9.17, 15) is 9.90 Å². The highest BCUT2D eigenvalue weighted by atomic mass is 16.5. The lowest BCUT2D eigenvalue weighted by Crippen LogP contribution is -2.48. The Morgan fingerprint density at radius 2 is 2.50 bits per heavy atom. The van der Waals surface area contributed by atoms with Gasteiger partial charge in [-0.05, 0) is 20.4 Å². The van der Waals surface area contributed by atoms with Crippen molar-refractivity contribution in [3.05, 3.63) is 0 Å². The van der Waals surface area contributed by atoms with Crippen molar-refractivity contribution in [2.24, 2.45) is 0 Å². The van der Waals surface area contributed by atoms with Crippen LogP contribution in [0.5, 0.6) is 0 Å². The molecule has 1 fully saturated rings. The van der Waals surface area contributed by atoms with E-state index in [1.54, 1.807) is 13.8 Å². The van der Waals surface area contributed by atoms with Gasteiger partial charge in [0.05, 0.1) is 6.61 Å². The molecule has 0 aromatic carbocycles. The Bertz CT molecular complexity index is 183. The summed E-state index contributed by atoms with van der Waals surface area (Å²) in [5.41, 5.74) is -1.31. The summed E-state index contributed by atoms with van der Waals surface area (Å²) in [6, 6.07) is -0.212. The second kappa shape index (κ2) is 3.41. The van der Waals surface area contributed by atoms with E-state index in [1.165, 1.54) is 0 Å². The maximum absolute atomic E-state index is 11.3. The van der Waals surface area contributed by atoms with Crippen molar-refractivity contribution in [2.75, 3.05) is 13.2 Å². The van der Waals surface area contributed by atoms with Crippen LogP contribution in [0, 0.1) is 0 Å². The lowest BCUT2D eigenvalue weighted by molar-refractivity contribution is -0.165.